The molecule has 0 N–H and O–H groups in total. The molecule has 0 aliphatic carbocycles. The minimum absolute atomic E-state index is 0.343. The highest BCUT2D eigenvalue weighted by molar-refractivity contribution is 5.92. The van der Waals surface area contributed by atoms with E-state index >= 15 is 0 Å². The number of esters is 1. The number of ether oxygens (including phenoxy) is 1. The second-order valence-electron chi connectivity index (χ2n) is 2.42. The summed E-state index contributed by atoms with van der Waals surface area (Å²) in [5.74, 6) is 0.199. The lowest BCUT2D eigenvalue weighted by Gasteiger charge is -1.98. The Morgan fingerprint density at radius 1 is 1.69 bits per heavy atom. The Bertz CT molecular complexity index is 310. The largest absolute Gasteiger partial charge is 0.464 e. The summed E-state index contributed by atoms with van der Waals surface area (Å²) in [6.45, 7) is 4.00. The second kappa shape index (κ2) is 4.50. The van der Waals surface area contributed by atoms with Crippen LogP contribution in [0.3, 0.4) is 0 Å². The van der Waals surface area contributed by atoms with Gasteiger partial charge in [0.05, 0.1) is 12.9 Å². The van der Waals surface area contributed by atoms with Gasteiger partial charge in [-0.15, -0.1) is 0 Å². The quantitative estimate of drug-likeness (QED) is 0.671. The van der Waals surface area contributed by atoms with E-state index in [1.807, 2.05) is 13.0 Å². The topological polar surface area (TPSA) is 39.4 Å². The summed E-state index contributed by atoms with van der Waals surface area (Å²) in [6.07, 6.45) is 5.01. The Hall–Kier alpha value is -1.51. The van der Waals surface area contributed by atoms with E-state index in [0.717, 1.165) is 0 Å². The molecule has 1 aromatic rings. The van der Waals surface area contributed by atoms with Crippen molar-refractivity contribution in [3.05, 3.63) is 29.7 Å². The molecule has 3 heteroatoms. The number of allylic oxidation sites excluding steroid dienone is 1. The molecule has 0 aliphatic heterocycles. The molecular formula is C10H12O3. The molecule has 0 saturated carbocycles. The van der Waals surface area contributed by atoms with Crippen LogP contribution in [0.25, 0.3) is 6.08 Å². The number of furan rings is 1. The highest BCUT2D eigenvalue weighted by Gasteiger charge is 2.12. The van der Waals surface area contributed by atoms with Gasteiger partial charge in [0, 0.05) is 0 Å². The van der Waals surface area contributed by atoms with Crippen LogP contribution in [0.15, 0.2) is 22.8 Å². The van der Waals surface area contributed by atoms with Crippen molar-refractivity contribution in [2.75, 3.05) is 6.61 Å². The van der Waals surface area contributed by atoms with Gasteiger partial charge in [0.25, 0.3) is 0 Å². The summed E-state index contributed by atoms with van der Waals surface area (Å²) >= 11 is 0. The van der Waals surface area contributed by atoms with Crippen LogP contribution in [0.1, 0.15) is 30.0 Å². The van der Waals surface area contributed by atoms with Crippen molar-refractivity contribution >= 4 is 12.0 Å². The Morgan fingerprint density at radius 3 is 3.08 bits per heavy atom. The number of carbonyl (C=O) groups excluding carboxylic acids is 1. The van der Waals surface area contributed by atoms with Crippen LogP contribution in [0.2, 0.25) is 0 Å². The fourth-order valence-electron chi connectivity index (χ4n) is 0.979. The summed E-state index contributed by atoms with van der Waals surface area (Å²) < 4.78 is 9.93. The summed E-state index contributed by atoms with van der Waals surface area (Å²) in [6, 6.07) is 1.60. The Labute approximate surface area is 77.0 Å². The highest BCUT2D eigenvalue weighted by Crippen LogP contribution is 2.13. The fraction of sp³-hybridized carbons (Fsp3) is 0.300. The van der Waals surface area contributed by atoms with Gasteiger partial charge in [-0.1, -0.05) is 6.08 Å². The molecule has 1 rings (SSSR count). The van der Waals surface area contributed by atoms with Gasteiger partial charge in [-0.05, 0) is 26.0 Å². The van der Waals surface area contributed by atoms with Crippen LogP contribution in [0.4, 0.5) is 0 Å². The SMILES string of the molecule is C/C=C/c1occc1C(=O)OCC. The van der Waals surface area contributed by atoms with E-state index < -0.39 is 0 Å². The monoisotopic (exact) mass is 180 g/mol. The van der Waals surface area contributed by atoms with Crippen molar-refractivity contribution in [1.82, 2.24) is 0 Å². The third-order valence-corrected chi connectivity index (χ3v) is 1.51. The maximum atomic E-state index is 11.3. The molecule has 1 aromatic heterocycles. The highest BCUT2D eigenvalue weighted by atomic mass is 16.5. The molecule has 0 radical (unpaired) electrons. The Balaban J connectivity index is 2.87. The minimum Gasteiger partial charge on any atom is -0.464 e. The van der Waals surface area contributed by atoms with Crippen molar-refractivity contribution < 1.29 is 13.9 Å². The second-order valence-corrected chi connectivity index (χ2v) is 2.42. The van der Waals surface area contributed by atoms with Gasteiger partial charge >= 0.3 is 5.97 Å². The molecule has 1 heterocycles. The van der Waals surface area contributed by atoms with E-state index in [1.165, 1.54) is 6.26 Å². The molecule has 0 amide bonds. The van der Waals surface area contributed by atoms with E-state index in [9.17, 15) is 4.79 Å². The van der Waals surface area contributed by atoms with E-state index in [4.69, 9.17) is 9.15 Å². The molecule has 0 unspecified atom stereocenters. The van der Waals surface area contributed by atoms with Gasteiger partial charge in [-0.2, -0.15) is 0 Å². The molecule has 0 bridgehead atoms. The number of hydrogen-bond donors (Lipinski definition) is 0. The lowest BCUT2D eigenvalue weighted by atomic mass is 10.2. The van der Waals surface area contributed by atoms with E-state index in [1.54, 1.807) is 19.1 Å². The molecule has 0 fully saturated rings. The first-order valence-electron chi connectivity index (χ1n) is 4.17. The number of rotatable bonds is 3. The van der Waals surface area contributed by atoms with Gasteiger partial charge in [0.15, 0.2) is 0 Å². The average Bonchev–Trinajstić information content (AvgIpc) is 2.54. The fourth-order valence-corrected chi connectivity index (χ4v) is 0.979. The zero-order chi connectivity index (χ0) is 9.68. The van der Waals surface area contributed by atoms with Crippen LogP contribution < -0.4 is 0 Å². The van der Waals surface area contributed by atoms with Crippen LogP contribution in [0, 0.1) is 0 Å². The molecule has 0 saturated heterocycles. The maximum absolute atomic E-state index is 11.3. The summed E-state index contributed by atoms with van der Waals surface area (Å²) in [5.41, 5.74) is 0.472. The summed E-state index contributed by atoms with van der Waals surface area (Å²) in [7, 11) is 0. The minimum atomic E-state index is -0.343. The predicted octanol–water partition coefficient (Wildman–Crippen LogP) is 2.49. The predicted molar refractivity (Wildman–Crippen MR) is 49.4 cm³/mol. The maximum Gasteiger partial charge on any atom is 0.342 e. The average molecular weight is 180 g/mol. The van der Waals surface area contributed by atoms with E-state index in [2.05, 4.69) is 0 Å². The van der Waals surface area contributed by atoms with Gasteiger partial charge < -0.3 is 9.15 Å². The molecule has 0 spiro atoms. The molecule has 3 nitrogen and oxygen atoms in total. The molecule has 0 aliphatic rings. The van der Waals surface area contributed by atoms with Gasteiger partial charge in [-0.25, -0.2) is 4.79 Å². The van der Waals surface area contributed by atoms with Crippen LogP contribution >= 0.6 is 0 Å². The third-order valence-electron chi connectivity index (χ3n) is 1.51. The van der Waals surface area contributed by atoms with Gasteiger partial charge in [0.2, 0.25) is 0 Å². The molecule has 70 valence electrons. The summed E-state index contributed by atoms with van der Waals surface area (Å²) in [4.78, 5) is 11.3. The van der Waals surface area contributed by atoms with Crippen LogP contribution in [-0.4, -0.2) is 12.6 Å². The standard InChI is InChI=1S/C10H12O3/c1-3-5-9-8(6-7-13-9)10(11)12-4-2/h3,5-7H,4H2,1-2H3/b5-3+. The zero-order valence-electron chi connectivity index (χ0n) is 7.74. The van der Waals surface area contributed by atoms with E-state index in [-0.39, 0.29) is 5.97 Å². The third kappa shape index (κ3) is 2.21. The first-order chi connectivity index (χ1) is 6.29. The van der Waals surface area contributed by atoms with Gasteiger partial charge in [-0.3, -0.25) is 0 Å². The van der Waals surface area contributed by atoms with Gasteiger partial charge in [0.1, 0.15) is 11.3 Å². The number of hydrogen-bond acceptors (Lipinski definition) is 3. The molecule has 0 atom stereocenters. The van der Waals surface area contributed by atoms with Crippen molar-refractivity contribution in [3.63, 3.8) is 0 Å². The normalized spacial score (nSPS) is 10.6. The lowest BCUT2D eigenvalue weighted by Crippen LogP contribution is -2.04. The lowest BCUT2D eigenvalue weighted by molar-refractivity contribution is 0.0525. The molecule has 13 heavy (non-hydrogen) atoms. The Morgan fingerprint density at radius 2 is 2.46 bits per heavy atom. The van der Waals surface area contributed by atoms with E-state index in [0.29, 0.717) is 17.9 Å². The van der Waals surface area contributed by atoms with Crippen molar-refractivity contribution in [2.24, 2.45) is 0 Å². The Kier molecular flexibility index (Phi) is 3.31. The molecule has 0 aromatic carbocycles. The van der Waals surface area contributed by atoms with Crippen molar-refractivity contribution in [3.8, 4) is 0 Å². The van der Waals surface area contributed by atoms with Crippen molar-refractivity contribution in [1.29, 1.82) is 0 Å². The first kappa shape index (κ1) is 9.58. The van der Waals surface area contributed by atoms with Crippen LogP contribution in [-0.2, 0) is 4.74 Å². The number of carbonyl (C=O) groups is 1. The van der Waals surface area contributed by atoms with Crippen LogP contribution in [0.5, 0.6) is 0 Å². The zero-order valence-corrected chi connectivity index (χ0v) is 7.74. The summed E-state index contributed by atoms with van der Waals surface area (Å²) in [5, 5.41) is 0. The van der Waals surface area contributed by atoms with Crippen molar-refractivity contribution in [2.45, 2.75) is 13.8 Å². The first-order valence-corrected chi connectivity index (χ1v) is 4.17. The smallest absolute Gasteiger partial charge is 0.342 e. The molecular weight excluding hydrogens is 168 g/mol.